The lowest BCUT2D eigenvalue weighted by molar-refractivity contribution is -0.131. The summed E-state index contributed by atoms with van der Waals surface area (Å²) in [4.78, 5) is 36.3. The highest BCUT2D eigenvalue weighted by Gasteiger charge is 2.22. The number of primary amides is 1. The normalized spacial score (nSPS) is 11.8. The molecule has 4 aromatic carbocycles. The van der Waals surface area contributed by atoms with Crippen molar-refractivity contribution in [3.63, 3.8) is 0 Å². The molecule has 0 heterocycles. The van der Waals surface area contributed by atoms with Crippen LogP contribution in [0, 0.1) is 0 Å². The van der Waals surface area contributed by atoms with Crippen molar-refractivity contribution in [1.82, 2.24) is 5.32 Å². The molecule has 0 saturated heterocycles. The molecule has 160 valence electrons. The van der Waals surface area contributed by atoms with Crippen LogP contribution in [0.3, 0.4) is 0 Å². The summed E-state index contributed by atoms with van der Waals surface area (Å²) in [7, 11) is 0. The van der Waals surface area contributed by atoms with Gasteiger partial charge in [-0.1, -0.05) is 54.6 Å². The third-order valence-corrected chi connectivity index (χ3v) is 5.30. The van der Waals surface area contributed by atoms with Gasteiger partial charge in [-0.3, -0.25) is 14.4 Å². The summed E-state index contributed by atoms with van der Waals surface area (Å²) in [5, 5.41) is 6.84. The summed E-state index contributed by atoms with van der Waals surface area (Å²) >= 11 is 0. The van der Waals surface area contributed by atoms with Crippen molar-refractivity contribution in [3.05, 3.63) is 90.0 Å². The van der Waals surface area contributed by atoms with E-state index in [4.69, 9.17) is 10.5 Å². The molecule has 32 heavy (non-hydrogen) atoms. The molecule has 4 aromatic rings. The van der Waals surface area contributed by atoms with E-state index in [0.717, 1.165) is 27.1 Å². The molecule has 0 radical (unpaired) electrons. The smallest absolute Gasteiger partial charge is 0.308 e. The Morgan fingerprint density at radius 2 is 1.50 bits per heavy atom. The molecule has 1 atom stereocenters. The van der Waals surface area contributed by atoms with Crippen molar-refractivity contribution in [3.8, 4) is 5.75 Å². The molecule has 0 fully saturated rings. The van der Waals surface area contributed by atoms with Gasteiger partial charge in [0.15, 0.2) is 0 Å². The van der Waals surface area contributed by atoms with Gasteiger partial charge in [0.05, 0.1) is 0 Å². The SMILES string of the molecule is CC(=O)Oc1cccc(C(=O)N[C@H](Cc2c3ccccc3cc3ccccc23)C(N)=O)c1. The quantitative estimate of drug-likeness (QED) is 0.279. The molecule has 0 unspecified atom stereocenters. The van der Waals surface area contributed by atoms with Crippen LogP contribution in [0.1, 0.15) is 22.8 Å². The van der Waals surface area contributed by atoms with E-state index in [0.29, 0.717) is 0 Å². The minimum Gasteiger partial charge on any atom is -0.427 e. The van der Waals surface area contributed by atoms with Crippen molar-refractivity contribution in [2.45, 2.75) is 19.4 Å². The highest BCUT2D eigenvalue weighted by Crippen LogP contribution is 2.29. The number of hydrogen-bond acceptors (Lipinski definition) is 4. The second kappa shape index (κ2) is 8.89. The molecule has 0 saturated carbocycles. The Morgan fingerprint density at radius 1 is 0.875 bits per heavy atom. The van der Waals surface area contributed by atoms with Gasteiger partial charge < -0.3 is 15.8 Å². The number of nitrogens with two attached hydrogens (primary N) is 1. The van der Waals surface area contributed by atoms with Crippen LogP contribution in [0.4, 0.5) is 0 Å². The van der Waals surface area contributed by atoms with Gasteiger partial charge in [-0.2, -0.15) is 0 Å². The number of carbonyl (C=O) groups is 3. The topological polar surface area (TPSA) is 98.5 Å². The lowest BCUT2D eigenvalue weighted by Gasteiger charge is -2.19. The summed E-state index contributed by atoms with van der Waals surface area (Å²) in [6, 6.07) is 23.2. The Balaban J connectivity index is 1.68. The van der Waals surface area contributed by atoms with Gasteiger partial charge in [0, 0.05) is 18.9 Å². The molecular formula is C26H22N2O4. The standard InChI is InChI=1S/C26H22N2O4/c1-16(29)32-20-10-6-9-19(14-20)26(31)28-24(25(27)30)15-23-21-11-4-2-7-17(21)13-18-8-3-5-12-22(18)23/h2-14,24H,15H2,1H3,(H2,27,30)(H,28,31)/t24-/m1/s1. The predicted molar refractivity (Wildman–Crippen MR) is 123 cm³/mol. The second-order valence-corrected chi connectivity index (χ2v) is 7.55. The lowest BCUT2D eigenvalue weighted by atomic mass is 9.92. The summed E-state index contributed by atoms with van der Waals surface area (Å²) in [6.45, 7) is 1.28. The van der Waals surface area contributed by atoms with Gasteiger partial charge in [-0.15, -0.1) is 0 Å². The van der Waals surface area contributed by atoms with Crippen LogP contribution in [-0.4, -0.2) is 23.8 Å². The Kier molecular flexibility index (Phi) is 5.85. The number of amides is 2. The fourth-order valence-electron chi connectivity index (χ4n) is 3.86. The molecule has 6 heteroatoms. The van der Waals surface area contributed by atoms with Crippen molar-refractivity contribution in [1.29, 1.82) is 0 Å². The first-order valence-electron chi connectivity index (χ1n) is 10.2. The molecule has 6 nitrogen and oxygen atoms in total. The number of ether oxygens (including phenoxy) is 1. The molecule has 2 amide bonds. The zero-order valence-corrected chi connectivity index (χ0v) is 17.5. The van der Waals surface area contributed by atoms with E-state index in [1.54, 1.807) is 18.2 Å². The monoisotopic (exact) mass is 426 g/mol. The van der Waals surface area contributed by atoms with E-state index in [2.05, 4.69) is 11.4 Å². The fourth-order valence-corrected chi connectivity index (χ4v) is 3.86. The minimum atomic E-state index is -0.922. The van der Waals surface area contributed by atoms with Gasteiger partial charge in [0.2, 0.25) is 5.91 Å². The Labute approximate surface area is 185 Å². The molecule has 0 aliphatic heterocycles. The van der Waals surface area contributed by atoms with Crippen LogP contribution in [0.2, 0.25) is 0 Å². The maximum Gasteiger partial charge on any atom is 0.308 e. The summed E-state index contributed by atoms with van der Waals surface area (Å²) in [5.74, 6) is -1.35. The van der Waals surface area contributed by atoms with Gasteiger partial charge in [-0.25, -0.2) is 0 Å². The lowest BCUT2D eigenvalue weighted by Crippen LogP contribution is -2.45. The van der Waals surface area contributed by atoms with Gasteiger partial charge >= 0.3 is 5.97 Å². The van der Waals surface area contributed by atoms with Crippen LogP contribution >= 0.6 is 0 Å². The average Bonchev–Trinajstić information content (AvgIpc) is 2.77. The average molecular weight is 426 g/mol. The number of rotatable bonds is 6. The first-order valence-corrected chi connectivity index (χ1v) is 10.2. The van der Waals surface area contributed by atoms with Crippen LogP contribution in [0.15, 0.2) is 78.9 Å². The van der Waals surface area contributed by atoms with E-state index in [1.807, 2.05) is 48.5 Å². The molecule has 3 N–H and O–H groups in total. The van der Waals surface area contributed by atoms with E-state index < -0.39 is 23.8 Å². The maximum atomic E-state index is 12.9. The molecule has 4 rings (SSSR count). The number of nitrogens with one attached hydrogen (secondary N) is 1. The van der Waals surface area contributed by atoms with Crippen LogP contribution in [0.25, 0.3) is 21.5 Å². The van der Waals surface area contributed by atoms with Gasteiger partial charge in [0.1, 0.15) is 11.8 Å². The highest BCUT2D eigenvalue weighted by atomic mass is 16.5. The Bertz CT molecular complexity index is 1290. The number of esters is 1. The molecule has 0 aliphatic rings. The van der Waals surface area contributed by atoms with Crippen LogP contribution in [0.5, 0.6) is 5.75 Å². The number of benzene rings is 4. The van der Waals surface area contributed by atoms with Crippen LogP contribution in [-0.2, 0) is 16.0 Å². The third kappa shape index (κ3) is 4.44. The van der Waals surface area contributed by atoms with E-state index >= 15 is 0 Å². The van der Waals surface area contributed by atoms with Gasteiger partial charge in [-0.05, 0) is 51.4 Å². The molecular weight excluding hydrogens is 404 g/mol. The highest BCUT2D eigenvalue weighted by molar-refractivity contribution is 6.03. The molecule has 0 aliphatic carbocycles. The zero-order valence-electron chi connectivity index (χ0n) is 17.5. The van der Waals surface area contributed by atoms with Crippen molar-refractivity contribution in [2.24, 2.45) is 5.73 Å². The second-order valence-electron chi connectivity index (χ2n) is 7.55. The minimum absolute atomic E-state index is 0.243. The predicted octanol–water partition coefficient (Wildman–Crippen LogP) is 3.74. The first kappa shape index (κ1) is 21.1. The van der Waals surface area contributed by atoms with Crippen molar-refractivity contribution in [2.75, 3.05) is 0 Å². The van der Waals surface area contributed by atoms with E-state index in [-0.39, 0.29) is 17.7 Å². The molecule has 0 aromatic heterocycles. The van der Waals surface area contributed by atoms with Gasteiger partial charge in [0.25, 0.3) is 5.91 Å². The molecule has 0 spiro atoms. The van der Waals surface area contributed by atoms with E-state index in [1.165, 1.54) is 13.0 Å². The first-order chi connectivity index (χ1) is 15.4. The van der Waals surface area contributed by atoms with E-state index in [9.17, 15) is 14.4 Å². The largest absolute Gasteiger partial charge is 0.427 e. The van der Waals surface area contributed by atoms with Crippen LogP contribution < -0.4 is 15.8 Å². The third-order valence-electron chi connectivity index (χ3n) is 5.30. The zero-order chi connectivity index (χ0) is 22.7. The van der Waals surface area contributed by atoms with Crippen molar-refractivity contribution >= 4 is 39.3 Å². The summed E-state index contributed by atoms with van der Waals surface area (Å²) < 4.78 is 5.04. The summed E-state index contributed by atoms with van der Waals surface area (Å²) in [6.07, 6.45) is 0.243. The van der Waals surface area contributed by atoms with Crippen molar-refractivity contribution < 1.29 is 19.1 Å². The number of carbonyl (C=O) groups excluding carboxylic acids is 3. The summed E-state index contributed by atoms with van der Waals surface area (Å²) in [5.41, 5.74) is 6.87. The molecule has 0 bridgehead atoms. The fraction of sp³-hybridized carbons (Fsp3) is 0.115. The maximum absolute atomic E-state index is 12.9. The Hall–Kier alpha value is -4.19. The number of fused-ring (bicyclic) bond motifs is 2. The number of hydrogen-bond donors (Lipinski definition) is 2. The Morgan fingerprint density at radius 3 is 2.09 bits per heavy atom.